The maximum Gasteiger partial charge on any atom is 0.470 e. The molecule has 7 nitrogen and oxygen atoms in total. The van der Waals surface area contributed by atoms with E-state index in [1.165, 1.54) is 23.5 Å². The van der Waals surface area contributed by atoms with Crippen LogP contribution in [0.1, 0.15) is 30.5 Å². The SMILES string of the molecule is COc1cccc(S(=O)(=O)N2CCC[C@H](c3nnc(C(F)(F)F)o3)C2)c1. The highest BCUT2D eigenvalue weighted by Crippen LogP contribution is 2.33. The van der Waals surface area contributed by atoms with Crippen molar-refractivity contribution in [2.75, 3.05) is 20.2 Å². The van der Waals surface area contributed by atoms with Gasteiger partial charge in [0.05, 0.1) is 17.9 Å². The van der Waals surface area contributed by atoms with Crippen LogP contribution < -0.4 is 4.74 Å². The highest BCUT2D eigenvalue weighted by atomic mass is 32.2. The zero-order valence-electron chi connectivity index (χ0n) is 13.7. The van der Waals surface area contributed by atoms with Gasteiger partial charge in [-0.25, -0.2) is 8.42 Å². The van der Waals surface area contributed by atoms with Crippen LogP contribution >= 0.6 is 0 Å². The number of alkyl halides is 3. The topological polar surface area (TPSA) is 85.5 Å². The highest BCUT2D eigenvalue weighted by Gasteiger charge is 2.40. The molecule has 2 heterocycles. The number of hydrogen-bond acceptors (Lipinski definition) is 6. The van der Waals surface area contributed by atoms with Crippen molar-refractivity contribution in [3.05, 3.63) is 36.0 Å². The minimum Gasteiger partial charge on any atom is -0.497 e. The second-order valence-corrected chi connectivity index (χ2v) is 7.76. The van der Waals surface area contributed by atoms with Crippen molar-refractivity contribution in [1.29, 1.82) is 0 Å². The van der Waals surface area contributed by atoms with E-state index in [4.69, 9.17) is 9.15 Å². The second-order valence-electron chi connectivity index (χ2n) is 5.82. The maximum absolute atomic E-state index is 12.8. The molecule has 0 amide bonds. The molecule has 11 heteroatoms. The van der Waals surface area contributed by atoms with Gasteiger partial charge in [0.1, 0.15) is 5.75 Å². The first-order valence-corrected chi connectivity index (χ1v) is 9.20. The zero-order valence-corrected chi connectivity index (χ0v) is 14.5. The number of hydrogen-bond donors (Lipinski definition) is 0. The van der Waals surface area contributed by atoms with Crippen LogP contribution in [0.25, 0.3) is 0 Å². The molecule has 1 aromatic carbocycles. The summed E-state index contributed by atoms with van der Waals surface area (Å²) in [6.45, 7) is 0.231. The Morgan fingerprint density at radius 1 is 1.31 bits per heavy atom. The molecule has 26 heavy (non-hydrogen) atoms. The molecule has 0 spiro atoms. The number of piperidine rings is 1. The summed E-state index contributed by atoms with van der Waals surface area (Å²) < 4.78 is 74.4. The minimum atomic E-state index is -4.73. The fourth-order valence-corrected chi connectivity index (χ4v) is 4.35. The van der Waals surface area contributed by atoms with Gasteiger partial charge in [-0.3, -0.25) is 0 Å². The average molecular weight is 391 g/mol. The van der Waals surface area contributed by atoms with Crippen LogP contribution in [-0.2, 0) is 16.2 Å². The van der Waals surface area contributed by atoms with Gasteiger partial charge in [0.15, 0.2) is 0 Å². The average Bonchev–Trinajstić information content (AvgIpc) is 3.12. The molecule has 1 aliphatic heterocycles. The molecule has 0 N–H and O–H groups in total. The second kappa shape index (κ2) is 6.88. The number of ether oxygens (including phenoxy) is 1. The fourth-order valence-electron chi connectivity index (χ4n) is 2.79. The predicted octanol–water partition coefficient (Wildman–Crippen LogP) is 2.67. The van der Waals surface area contributed by atoms with Crippen molar-refractivity contribution in [3.8, 4) is 5.75 Å². The summed E-state index contributed by atoms with van der Waals surface area (Å²) in [7, 11) is -2.39. The summed E-state index contributed by atoms with van der Waals surface area (Å²) in [6.07, 6.45) is -3.80. The number of halogens is 3. The van der Waals surface area contributed by atoms with Crippen LogP contribution in [-0.4, -0.2) is 43.1 Å². The Labute approximate surface area is 147 Å². The van der Waals surface area contributed by atoms with E-state index in [-0.39, 0.29) is 23.9 Å². The van der Waals surface area contributed by atoms with Crippen molar-refractivity contribution in [2.24, 2.45) is 0 Å². The Balaban J connectivity index is 1.82. The smallest absolute Gasteiger partial charge is 0.470 e. The monoisotopic (exact) mass is 391 g/mol. The lowest BCUT2D eigenvalue weighted by atomic mass is 10.00. The van der Waals surface area contributed by atoms with Crippen LogP contribution in [0.4, 0.5) is 13.2 Å². The van der Waals surface area contributed by atoms with Crippen LogP contribution in [0.3, 0.4) is 0 Å². The molecular weight excluding hydrogens is 375 g/mol. The van der Waals surface area contributed by atoms with Crippen LogP contribution in [0, 0.1) is 0 Å². The summed E-state index contributed by atoms with van der Waals surface area (Å²) in [5.74, 6) is -1.83. The number of nitrogens with zero attached hydrogens (tertiary/aromatic N) is 3. The normalized spacial score (nSPS) is 19.5. The van der Waals surface area contributed by atoms with Crippen LogP contribution in [0.5, 0.6) is 5.75 Å². The van der Waals surface area contributed by atoms with Gasteiger partial charge in [0, 0.05) is 19.2 Å². The molecule has 1 atom stereocenters. The van der Waals surface area contributed by atoms with E-state index in [9.17, 15) is 21.6 Å². The summed E-state index contributed by atoms with van der Waals surface area (Å²) in [5.41, 5.74) is 0. The largest absolute Gasteiger partial charge is 0.497 e. The molecule has 2 aromatic rings. The number of sulfonamides is 1. The molecule has 1 aliphatic rings. The van der Waals surface area contributed by atoms with Crippen LogP contribution in [0.15, 0.2) is 33.6 Å². The molecule has 142 valence electrons. The Morgan fingerprint density at radius 3 is 2.73 bits per heavy atom. The fraction of sp³-hybridized carbons (Fsp3) is 0.467. The van der Waals surface area contributed by atoms with E-state index in [0.717, 1.165) is 0 Å². The van der Waals surface area contributed by atoms with Gasteiger partial charge in [0.2, 0.25) is 15.9 Å². The van der Waals surface area contributed by atoms with E-state index >= 15 is 0 Å². The molecular formula is C15H16F3N3O4S. The number of benzene rings is 1. The zero-order chi connectivity index (χ0) is 18.9. The Hall–Kier alpha value is -2.14. The first-order valence-electron chi connectivity index (χ1n) is 7.76. The molecule has 1 fully saturated rings. The summed E-state index contributed by atoms with van der Waals surface area (Å²) in [5, 5.41) is 6.45. The lowest BCUT2D eigenvalue weighted by Gasteiger charge is -2.30. The quantitative estimate of drug-likeness (QED) is 0.797. The summed E-state index contributed by atoms with van der Waals surface area (Å²) >= 11 is 0. The molecule has 0 aliphatic carbocycles. The first-order chi connectivity index (χ1) is 12.2. The molecule has 0 radical (unpaired) electrons. The standard InChI is InChI=1S/C15H16F3N3O4S/c1-24-11-5-2-6-12(8-11)26(22,23)21-7-3-4-10(9-21)13-19-20-14(25-13)15(16,17)18/h2,5-6,8,10H,3-4,7,9H2,1H3/t10-/m0/s1. The molecule has 0 unspecified atom stereocenters. The van der Waals surface area contributed by atoms with Gasteiger partial charge in [-0.15, -0.1) is 10.2 Å². The third-order valence-electron chi connectivity index (χ3n) is 4.10. The molecule has 1 aromatic heterocycles. The first kappa shape index (κ1) is 18.6. The Morgan fingerprint density at radius 2 is 2.08 bits per heavy atom. The van der Waals surface area contributed by atoms with Gasteiger partial charge in [-0.2, -0.15) is 17.5 Å². The van der Waals surface area contributed by atoms with E-state index in [2.05, 4.69) is 10.2 Å². The number of rotatable bonds is 4. The molecule has 0 saturated carbocycles. The van der Waals surface area contributed by atoms with E-state index in [1.807, 2.05) is 0 Å². The molecule has 1 saturated heterocycles. The Bertz CT molecular complexity index is 882. The third kappa shape index (κ3) is 3.68. The van der Waals surface area contributed by atoms with Gasteiger partial charge in [-0.1, -0.05) is 6.07 Å². The van der Waals surface area contributed by atoms with Crippen molar-refractivity contribution < 1.29 is 30.7 Å². The maximum atomic E-state index is 12.8. The molecule has 0 bridgehead atoms. The van der Waals surface area contributed by atoms with Crippen molar-refractivity contribution in [1.82, 2.24) is 14.5 Å². The van der Waals surface area contributed by atoms with Gasteiger partial charge in [-0.05, 0) is 25.0 Å². The number of methoxy groups -OCH3 is 1. The molecule has 3 rings (SSSR count). The third-order valence-corrected chi connectivity index (χ3v) is 5.96. The minimum absolute atomic E-state index is 0.0287. The number of aromatic nitrogens is 2. The lowest BCUT2D eigenvalue weighted by molar-refractivity contribution is -0.157. The van der Waals surface area contributed by atoms with E-state index in [0.29, 0.717) is 18.6 Å². The predicted molar refractivity (Wildman–Crippen MR) is 83.0 cm³/mol. The van der Waals surface area contributed by atoms with Gasteiger partial charge >= 0.3 is 12.1 Å². The van der Waals surface area contributed by atoms with Crippen molar-refractivity contribution >= 4 is 10.0 Å². The van der Waals surface area contributed by atoms with Gasteiger partial charge in [0.25, 0.3) is 0 Å². The summed E-state index contributed by atoms with van der Waals surface area (Å²) in [4.78, 5) is 0.0546. The highest BCUT2D eigenvalue weighted by molar-refractivity contribution is 7.89. The van der Waals surface area contributed by atoms with Gasteiger partial charge < -0.3 is 9.15 Å². The van der Waals surface area contributed by atoms with Crippen molar-refractivity contribution in [3.63, 3.8) is 0 Å². The van der Waals surface area contributed by atoms with E-state index in [1.54, 1.807) is 12.1 Å². The summed E-state index contributed by atoms with van der Waals surface area (Å²) in [6, 6.07) is 6.01. The lowest BCUT2D eigenvalue weighted by Crippen LogP contribution is -2.39. The van der Waals surface area contributed by atoms with Crippen LogP contribution in [0.2, 0.25) is 0 Å². The Kier molecular flexibility index (Phi) is 4.93. The van der Waals surface area contributed by atoms with E-state index < -0.39 is 28.0 Å². The van der Waals surface area contributed by atoms with Crippen molar-refractivity contribution in [2.45, 2.75) is 29.8 Å².